The van der Waals surface area contributed by atoms with Crippen molar-refractivity contribution in [3.63, 3.8) is 0 Å². The van der Waals surface area contributed by atoms with Gasteiger partial charge in [-0.3, -0.25) is 4.79 Å². The highest BCUT2D eigenvalue weighted by Gasteiger charge is 2.14. The van der Waals surface area contributed by atoms with Crippen LogP contribution < -0.4 is 10.3 Å². The summed E-state index contributed by atoms with van der Waals surface area (Å²) in [6.07, 6.45) is 1.82. The first-order valence-corrected chi connectivity index (χ1v) is 10.0. The lowest BCUT2D eigenvalue weighted by atomic mass is 9.87. The van der Waals surface area contributed by atoms with E-state index in [4.69, 9.17) is 4.74 Å². The standard InChI is InChI=1S/C22H21N3O2S/c1-22(2,3)15-7-11-17(12-8-15)27-16-9-5-14(6-10-16)19-18(13-23)20(26)25-21(24-19)28-4/h5-12H,1-4H3,(H,24,25,26). The van der Waals surface area contributed by atoms with Gasteiger partial charge in [0.15, 0.2) is 5.16 Å². The van der Waals surface area contributed by atoms with Crippen LogP contribution in [0.5, 0.6) is 11.5 Å². The molecule has 0 fully saturated rings. The minimum Gasteiger partial charge on any atom is -0.457 e. The number of nitrogens with one attached hydrogen (secondary N) is 1. The van der Waals surface area contributed by atoms with Gasteiger partial charge in [0, 0.05) is 5.56 Å². The molecular weight excluding hydrogens is 370 g/mol. The number of ether oxygens (including phenoxy) is 1. The Morgan fingerprint density at radius 3 is 2.11 bits per heavy atom. The maximum absolute atomic E-state index is 12.1. The van der Waals surface area contributed by atoms with Crippen molar-refractivity contribution in [2.75, 3.05) is 6.26 Å². The highest BCUT2D eigenvalue weighted by Crippen LogP contribution is 2.29. The molecule has 0 amide bonds. The average molecular weight is 391 g/mol. The monoisotopic (exact) mass is 391 g/mol. The van der Waals surface area contributed by atoms with Crippen LogP contribution in [0.4, 0.5) is 0 Å². The fraction of sp³-hybridized carbons (Fsp3) is 0.227. The van der Waals surface area contributed by atoms with Crippen LogP contribution in [0.2, 0.25) is 0 Å². The average Bonchev–Trinajstić information content (AvgIpc) is 2.67. The van der Waals surface area contributed by atoms with Crippen molar-refractivity contribution in [2.24, 2.45) is 0 Å². The van der Waals surface area contributed by atoms with E-state index in [0.717, 1.165) is 5.75 Å². The van der Waals surface area contributed by atoms with Crippen molar-refractivity contribution in [1.82, 2.24) is 9.97 Å². The highest BCUT2D eigenvalue weighted by molar-refractivity contribution is 7.98. The maximum atomic E-state index is 12.1. The van der Waals surface area contributed by atoms with Gasteiger partial charge in [-0.2, -0.15) is 5.26 Å². The molecule has 0 aliphatic heterocycles. The third-order valence-electron chi connectivity index (χ3n) is 4.29. The first-order chi connectivity index (χ1) is 13.3. The fourth-order valence-corrected chi connectivity index (χ4v) is 3.08. The van der Waals surface area contributed by atoms with E-state index in [2.05, 4.69) is 42.9 Å². The van der Waals surface area contributed by atoms with Crippen LogP contribution in [0.1, 0.15) is 31.9 Å². The Balaban J connectivity index is 1.86. The molecule has 3 aromatic rings. The number of nitriles is 1. The van der Waals surface area contributed by atoms with Gasteiger partial charge in [-0.1, -0.05) is 44.7 Å². The fourth-order valence-electron chi connectivity index (χ4n) is 2.70. The summed E-state index contributed by atoms with van der Waals surface area (Å²) in [4.78, 5) is 19.1. The number of hydrogen-bond donors (Lipinski definition) is 1. The summed E-state index contributed by atoms with van der Waals surface area (Å²) in [5, 5.41) is 9.78. The van der Waals surface area contributed by atoms with Crippen LogP contribution >= 0.6 is 11.8 Å². The summed E-state index contributed by atoms with van der Waals surface area (Å²) in [6, 6.07) is 17.2. The molecule has 28 heavy (non-hydrogen) atoms. The van der Waals surface area contributed by atoms with Crippen LogP contribution in [-0.4, -0.2) is 16.2 Å². The van der Waals surface area contributed by atoms with E-state index >= 15 is 0 Å². The van der Waals surface area contributed by atoms with Gasteiger partial charge in [-0.25, -0.2) is 4.98 Å². The minimum absolute atomic E-state index is 0.00392. The van der Waals surface area contributed by atoms with Crippen LogP contribution in [-0.2, 0) is 5.41 Å². The molecule has 142 valence electrons. The van der Waals surface area contributed by atoms with E-state index in [0.29, 0.717) is 22.2 Å². The Hall–Kier alpha value is -3.04. The van der Waals surface area contributed by atoms with E-state index in [1.165, 1.54) is 17.3 Å². The number of hydrogen-bond acceptors (Lipinski definition) is 5. The zero-order valence-electron chi connectivity index (χ0n) is 16.2. The molecule has 0 radical (unpaired) electrons. The number of benzene rings is 2. The predicted octanol–water partition coefficient (Wildman–Crippen LogP) is 5.12. The Morgan fingerprint density at radius 2 is 1.61 bits per heavy atom. The van der Waals surface area contributed by atoms with Gasteiger partial charge in [0.05, 0.1) is 5.69 Å². The molecule has 6 heteroatoms. The van der Waals surface area contributed by atoms with E-state index < -0.39 is 5.56 Å². The normalized spacial score (nSPS) is 11.1. The van der Waals surface area contributed by atoms with Crippen molar-refractivity contribution < 1.29 is 4.74 Å². The zero-order valence-corrected chi connectivity index (χ0v) is 17.1. The van der Waals surface area contributed by atoms with Crippen molar-refractivity contribution in [2.45, 2.75) is 31.3 Å². The first-order valence-electron chi connectivity index (χ1n) is 8.79. The molecule has 0 spiro atoms. The summed E-state index contributed by atoms with van der Waals surface area (Å²) < 4.78 is 5.90. The van der Waals surface area contributed by atoms with Crippen molar-refractivity contribution >= 4 is 11.8 Å². The van der Waals surface area contributed by atoms with Crippen LogP contribution in [0.3, 0.4) is 0 Å². The SMILES string of the molecule is CSc1nc(-c2ccc(Oc3ccc(C(C)(C)C)cc3)cc2)c(C#N)c(=O)[nH]1. The number of thioether (sulfide) groups is 1. The van der Waals surface area contributed by atoms with Gasteiger partial charge < -0.3 is 9.72 Å². The van der Waals surface area contributed by atoms with Crippen molar-refractivity contribution in [3.8, 4) is 28.8 Å². The molecule has 0 aliphatic carbocycles. The molecule has 1 heterocycles. The smallest absolute Gasteiger partial charge is 0.270 e. The second-order valence-electron chi connectivity index (χ2n) is 7.31. The molecule has 0 unspecified atom stereocenters. The highest BCUT2D eigenvalue weighted by atomic mass is 32.2. The Labute approximate surface area is 168 Å². The maximum Gasteiger partial charge on any atom is 0.270 e. The molecule has 1 aromatic heterocycles. The third-order valence-corrected chi connectivity index (χ3v) is 4.87. The molecule has 0 saturated carbocycles. The number of aromatic nitrogens is 2. The second kappa shape index (κ2) is 7.91. The van der Waals surface area contributed by atoms with Crippen LogP contribution in [0.15, 0.2) is 58.5 Å². The van der Waals surface area contributed by atoms with Crippen molar-refractivity contribution in [3.05, 3.63) is 70.0 Å². The predicted molar refractivity (Wildman–Crippen MR) is 112 cm³/mol. The molecular formula is C22H21N3O2S. The molecule has 3 rings (SSSR count). The zero-order chi connectivity index (χ0) is 20.3. The third kappa shape index (κ3) is 4.26. The molecule has 0 saturated heterocycles. The first kappa shape index (κ1) is 19.7. The second-order valence-corrected chi connectivity index (χ2v) is 8.11. The van der Waals surface area contributed by atoms with E-state index in [9.17, 15) is 10.1 Å². The molecule has 0 atom stereocenters. The van der Waals surface area contributed by atoms with Gasteiger partial charge in [-0.15, -0.1) is 0 Å². The summed E-state index contributed by atoms with van der Waals surface area (Å²) in [6.45, 7) is 6.51. The Morgan fingerprint density at radius 1 is 1.04 bits per heavy atom. The minimum atomic E-state index is -0.434. The summed E-state index contributed by atoms with van der Waals surface area (Å²) in [5.41, 5.74) is 1.96. The summed E-state index contributed by atoms with van der Waals surface area (Å²) >= 11 is 1.32. The molecule has 5 nitrogen and oxygen atoms in total. The number of rotatable bonds is 4. The van der Waals surface area contributed by atoms with E-state index in [1.807, 2.05) is 24.5 Å². The molecule has 0 bridgehead atoms. The molecule has 1 N–H and O–H groups in total. The van der Waals surface area contributed by atoms with E-state index in [-0.39, 0.29) is 11.0 Å². The number of H-pyrrole nitrogens is 1. The van der Waals surface area contributed by atoms with Crippen LogP contribution in [0.25, 0.3) is 11.3 Å². The topological polar surface area (TPSA) is 78.8 Å². The lowest BCUT2D eigenvalue weighted by molar-refractivity contribution is 0.481. The van der Waals surface area contributed by atoms with Gasteiger partial charge in [0.1, 0.15) is 23.1 Å². The largest absolute Gasteiger partial charge is 0.457 e. The number of aromatic amines is 1. The summed E-state index contributed by atoms with van der Waals surface area (Å²) in [5.74, 6) is 1.41. The lowest BCUT2D eigenvalue weighted by Gasteiger charge is -2.19. The van der Waals surface area contributed by atoms with Crippen molar-refractivity contribution in [1.29, 1.82) is 5.26 Å². The van der Waals surface area contributed by atoms with Gasteiger partial charge >= 0.3 is 0 Å². The lowest BCUT2D eigenvalue weighted by Crippen LogP contribution is -2.14. The van der Waals surface area contributed by atoms with Gasteiger partial charge in [0.25, 0.3) is 5.56 Å². The summed E-state index contributed by atoms with van der Waals surface area (Å²) in [7, 11) is 0. The van der Waals surface area contributed by atoms with Crippen LogP contribution in [0, 0.1) is 11.3 Å². The number of nitrogens with zero attached hydrogens (tertiary/aromatic N) is 2. The molecule has 0 aliphatic rings. The van der Waals surface area contributed by atoms with Gasteiger partial charge in [-0.05, 0) is 53.6 Å². The Bertz CT molecular complexity index is 1070. The van der Waals surface area contributed by atoms with E-state index in [1.54, 1.807) is 24.3 Å². The quantitative estimate of drug-likeness (QED) is 0.493. The Kier molecular flexibility index (Phi) is 5.57. The van der Waals surface area contributed by atoms with Gasteiger partial charge in [0.2, 0.25) is 0 Å². The molecule has 2 aromatic carbocycles.